The summed E-state index contributed by atoms with van der Waals surface area (Å²) in [4.78, 5) is 2.55. The van der Waals surface area contributed by atoms with Crippen molar-refractivity contribution in [2.45, 2.75) is 57.9 Å². The van der Waals surface area contributed by atoms with E-state index in [2.05, 4.69) is 17.1 Å². The average molecular weight is 254 g/mol. The maximum absolute atomic E-state index is 9.23. The molecule has 2 aliphatic rings. The van der Waals surface area contributed by atoms with Gasteiger partial charge in [-0.3, -0.25) is 4.90 Å². The molecule has 3 nitrogen and oxygen atoms in total. The van der Waals surface area contributed by atoms with Gasteiger partial charge in [0, 0.05) is 25.7 Å². The fourth-order valence-electron chi connectivity index (χ4n) is 3.44. The van der Waals surface area contributed by atoms with Crippen LogP contribution in [0.2, 0.25) is 0 Å². The van der Waals surface area contributed by atoms with E-state index in [9.17, 15) is 5.11 Å². The van der Waals surface area contributed by atoms with Gasteiger partial charge in [0.25, 0.3) is 0 Å². The third-order valence-corrected chi connectivity index (χ3v) is 4.58. The summed E-state index contributed by atoms with van der Waals surface area (Å²) in [5.74, 6) is 0. The molecular weight excluding hydrogens is 224 g/mol. The maximum atomic E-state index is 9.23. The molecule has 0 bridgehead atoms. The summed E-state index contributed by atoms with van der Waals surface area (Å²) in [7, 11) is 0. The average Bonchev–Trinajstić information content (AvgIpc) is 3.12. The van der Waals surface area contributed by atoms with Crippen LogP contribution in [-0.2, 0) is 0 Å². The first-order chi connectivity index (χ1) is 8.79. The minimum atomic E-state index is 0.314. The van der Waals surface area contributed by atoms with Crippen molar-refractivity contribution in [1.82, 2.24) is 10.2 Å². The molecule has 2 N–H and O–H groups in total. The Bertz CT molecular complexity index is 235. The highest BCUT2D eigenvalue weighted by molar-refractivity contribution is 4.93. The second-order valence-corrected chi connectivity index (χ2v) is 6.31. The third-order valence-electron chi connectivity index (χ3n) is 4.58. The van der Waals surface area contributed by atoms with Crippen molar-refractivity contribution in [3.8, 4) is 0 Å². The van der Waals surface area contributed by atoms with Gasteiger partial charge in [-0.05, 0) is 44.1 Å². The van der Waals surface area contributed by atoms with Crippen LogP contribution in [0.4, 0.5) is 0 Å². The topological polar surface area (TPSA) is 35.5 Å². The van der Waals surface area contributed by atoms with Crippen molar-refractivity contribution in [3.63, 3.8) is 0 Å². The van der Waals surface area contributed by atoms with Crippen LogP contribution in [-0.4, -0.2) is 48.8 Å². The van der Waals surface area contributed by atoms with Gasteiger partial charge in [0.1, 0.15) is 0 Å². The van der Waals surface area contributed by atoms with E-state index in [4.69, 9.17) is 0 Å². The predicted molar refractivity (Wildman–Crippen MR) is 75.7 cm³/mol. The number of hydrogen-bond donors (Lipinski definition) is 2. The Kier molecular flexibility index (Phi) is 5.46. The summed E-state index contributed by atoms with van der Waals surface area (Å²) in [5, 5.41) is 12.9. The zero-order valence-corrected chi connectivity index (χ0v) is 12.0. The Balaban J connectivity index is 1.86. The predicted octanol–water partition coefficient (Wildman–Crippen LogP) is 2.00. The van der Waals surface area contributed by atoms with Crippen LogP contribution in [0, 0.1) is 5.41 Å². The lowest BCUT2D eigenvalue weighted by molar-refractivity contribution is 0.118. The summed E-state index contributed by atoms with van der Waals surface area (Å²) in [5.41, 5.74) is 0.493. The third kappa shape index (κ3) is 3.94. The van der Waals surface area contributed by atoms with Gasteiger partial charge >= 0.3 is 0 Å². The lowest BCUT2D eigenvalue weighted by Gasteiger charge is -2.35. The monoisotopic (exact) mass is 254 g/mol. The number of nitrogens with zero attached hydrogens (tertiary/aromatic N) is 1. The summed E-state index contributed by atoms with van der Waals surface area (Å²) in [6.07, 6.45) is 9.45. The largest absolute Gasteiger partial charge is 0.395 e. The first-order valence-electron chi connectivity index (χ1n) is 7.85. The molecule has 0 atom stereocenters. The molecule has 0 aliphatic heterocycles. The van der Waals surface area contributed by atoms with E-state index < -0.39 is 0 Å². The van der Waals surface area contributed by atoms with Crippen molar-refractivity contribution in [3.05, 3.63) is 0 Å². The standard InChI is InChI=1S/C15H30N2O/c1-2-9-16-12-15(7-3-4-8-15)13-17(10-11-18)14-5-6-14/h14,16,18H,2-13H2,1H3. The summed E-state index contributed by atoms with van der Waals surface area (Å²) < 4.78 is 0. The molecule has 18 heavy (non-hydrogen) atoms. The van der Waals surface area contributed by atoms with Crippen LogP contribution in [0.3, 0.4) is 0 Å². The molecule has 2 fully saturated rings. The van der Waals surface area contributed by atoms with Gasteiger partial charge < -0.3 is 10.4 Å². The lowest BCUT2D eigenvalue weighted by Crippen LogP contribution is -2.44. The molecule has 0 aromatic rings. The van der Waals surface area contributed by atoms with E-state index in [1.165, 1.54) is 58.0 Å². The number of hydrogen-bond acceptors (Lipinski definition) is 3. The number of aliphatic hydroxyl groups is 1. The smallest absolute Gasteiger partial charge is 0.0558 e. The van der Waals surface area contributed by atoms with Crippen molar-refractivity contribution >= 4 is 0 Å². The molecule has 106 valence electrons. The maximum Gasteiger partial charge on any atom is 0.0558 e. The zero-order chi connectivity index (χ0) is 12.8. The van der Waals surface area contributed by atoms with Crippen LogP contribution in [0.25, 0.3) is 0 Å². The highest BCUT2D eigenvalue weighted by Gasteiger charge is 2.39. The van der Waals surface area contributed by atoms with Crippen LogP contribution in [0.15, 0.2) is 0 Å². The van der Waals surface area contributed by atoms with E-state index in [0.717, 1.165) is 19.1 Å². The van der Waals surface area contributed by atoms with E-state index in [0.29, 0.717) is 12.0 Å². The summed E-state index contributed by atoms with van der Waals surface area (Å²) >= 11 is 0. The highest BCUT2D eigenvalue weighted by Crippen LogP contribution is 2.40. The van der Waals surface area contributed by atoms with Gasteiger partial charge in [-0.1, -0.05) is 19.8 Å². The summed E-state index contributed by atoms with van der Waals surface area (Å²) in [6.45, 7) is 6.95. The molecule has 2 aliphatic carbocycles. The van der Waals surface area contributed by atoms with Crippen molar-refractivity contribution in [1.29, 1.82) is 0 Å². The first kappa shape index (κ1) is 14.3. The highest BCUT2D eigenvalue weighted by atomic mass is 16.3. The zero-order valence-electron chi connectivity index (χ0n) is 12.0. The van der Waals surface area contributed by atoms with E-state index >= 15 is 0 Å². The van der Waals surface area contributed by atoms with E-state index in [1.54, 1.807) is 0 Å². The molecular formula is C15H30N2O. The van der Waals surface area contributed by atoms with Gasteiger partial charge in [0.05, 0.1) is 6.61 Å². The lowest BCUT2D eigenvalue weighted by atomic mass is 9.85. The fourth-order valence-corrected chi connectivity index (χ4v) is 3.44. The van der Waals surface area contributed by atoms with Crippen LogP contribution < -0.4 is 5.32 Å². The molecule has 0 amide bonds. The minimum Gasteiger partial charge on any atom is -0.395 e. The second-order valence-electron chi connectivity index (χ2n) is 6.31. The van der Waals surface area contributed by atoms with Crippen molar-refractivity contribution in [2.75, 3.05) is 32.8 Å². The Morgan fingerprint density at radius 1 is 1.28 bits per heavy atom. The quantitative estimate of drug-likeness (QED) is 0.618. The van der Waals surface area contributed by atoms with Gasteiger partial charge in [0.2, 0.25) is 0 Å². The minimum absolute atomic E-state index is 0.314. The van der Waals surface area contributed by atoms with Crippen LogP contribution in [0.5, 0.6) is 0 Å². The van der Waals surface area contributed by atoms with Crippen molar-refractivity contribution in [2.24, 2.45) is 5.41 Å². The number of aliphatic hydroxyl groups excluding tert-OH is 1. The van der Waals surface area contributed by atoms with Gasteiger partial charge in [-0.25, -0.2) is 0 Å². The Morgan fingerprint density at radius 2 is 2.00 bits per heavy atom. The molecule has 0 aromatic heterocycles. The number of nitrogens with one attached hydrogen (secondary N) is 1. The van der Waals surface area contributed by atoms with Crippen molar-refractivity contribution < 1.29 is 5.11 Å². The molecule has 0 spiro atoms. The Hall–Kier alpha value is -0.120. The molecule has 0 radical (unpaired) electrons. The molecule has 0 unspecified atom stereocenters. The van der Waals surface area contributed by atoms with Crippen LogP contribution >= 0.6 is 0 Å². The molecule has 2 rings (SSSR count). The molecule has 0 heterocycles. The van der Waals surface area contributed by atoms with E-state index in [-0.39, 0.29) is 0 Å². The SMILES string of the molecule is CCCNCC1(CN(CCO)C2CC2)CCCC1. The first-order valence-corrected chi connectivity index (χ1v) is 7.85. The Morgan fingerprint density at radius 3 is 2.56 bits per heavy atom. The fraction of sp³-hybridized carbons (Fsp3) is 1.00. The molecule has 0 saturated heterocycles. The van der Waals surface area contributed by atoms with Gasteiger partial charge in [-0.2, -0.15) is 0 Å². The van der Waals surface area contributed by atoms with Gasteiger partial charge in [0.15, 0.2) is 0 Å². The Labute approximate surface area is 112 Å². The molecule has 2 saturated carbocycles. The normalized spacial score (nSPS) is 22.8. The van der Waals surface area contributed by atoms with E-state index in [1.807, 2.05) is 0 Å². The second kappa shape index (κ2) is 6.88. The van der Waals surface area contributed by atoms with Gasteiger partial charge in [-0.15, -0.1) is 0 Å². The molecule has 0 aromatic carbocycles. The summed E-state index contributed by atoms with van der Waals surface area (Å²) in [6, 6.07) is 0.779. The number of rotatable bonds is 9. The van der Waals surface area contributed by atoms with Crippen LogP contribution in [0.1, 0.15) is 51.9 Å². The molecule has 3 heteroatoms.